The van der Waals surface area contributed by atoms with Gasteiger partial charge in [-0.1, -0.05) is 52.3 Å². The Balaban J connectivity index is 1.57. The fraction of sp³-hybridized carbons (Fsp3) is 0.0417. The van der Waals surface area contributed by atoms with Crippen molar-refractivity contribution in [2.45, 2.75) is 6.61 Å². The second-order valence-corrected chi connectivity index (χ2v) is 8.67. The number of nitrogens with one attached hydrogen (secondary N) is 1. The molecule has 0 unspecified atom stereocenters. The molecule has 4 rings (SSSR count). The number of urea groups is 1. The third-order valence-electron chi connectivity index (χ3n) is 4.69. The molecule has 1 N–H and O–H groups in total. The van der Waals surface area contributed by atoms with Gasteiger partial charge in [0.2, 0.25) is 0 Å². The van der Waals surface area contributed by atoms with E-state index >= 15 is 0 Å². The van der Waals surface area contributed by atoms with Crippen LogP contribution in [0.4, 0.5) is 10.5 Å². The molecule has 32 heavy (non-hydrogen) atoms. The number of hydrogen-bond acceptors (Lipinski definition) is 4. The topological polar surface area (TPSA) is 75.7 Å². The summed E-state index contributed by atoms with van der Waals surface area (Å²) in [5.74, 6) is -0.808. The van der Waals surface area contributed by atoms with Gasteiger partial charge >= 0.3 is 6.03 Å². The van der Waals surface area contributed by atoms with Crippen LogP contribution >= 0.6 is 31.9 Å². The number of benzene rings is 3. The van der Waals surface area contributed by atoms with Crippen molar-refractivity contribution in [1.82, 2.24) is 5.32 Å². The summed E-state index contributed by atoms with van der Waals surface area (Å²) < 4.78 is 7.31. The zero-order valence-electron chi connectivity index (χ0n) is 16.5. The smallest absolute Gasteiger partial charge is 0.335 e. The first kappa shape index (κ1) is 22.0. The number of anilines is 1. The van der Waals surface area contributed by atoms with E-state index in [1.165, 1.54) is 6.08 Å². The second-order valence-electron chi connectivity index (χ2n) is 6.90. The number of carbonyl (C=O) groups excluding carboxylic acids is 3. The quantitative estimate of drug-likeness (QED) is 0.335. The zero-order chi connectivity index (χ0) is 22.7. The summed E-state index contributed by atoms with van der Waals surface area (Å²) >= 11 is 6.79. The highest BCUT2D eigenvalue weighted by atomic mass is 79.9. The molecular formula is C24H16Br2N2O4. The molecule has 6 nitrogen and oxygen atoms in total. The van der Waals surface area contributed by atoms with Crippen LogP contribution in [0.15, 0.2) is 87.3 Å². The van der Waals surface area contributed by atoms with E-state index in [-0.39, 0.29) is 5.57 Å². The molecule has 0 aliphatic carbocycles. The van der Waals surface area contributed by atoms with Crippen LogP contribution in [-0.4, -0.2) is 17.8 Å². The van der Waals surface area contributed by atoms with Crippen LogP contribution in [0.3, 0.4) is 0 Å². The molecule has 1 fully saturated rings. The number of carbonyl (C=O) groups is 3. The number of rotatable bonds is 5. The third kappa shape index (κ3) is 4.81. The largest absolute Gasteiger partial charge is 0.488 e. The van der Waals surface area contributed by atoms with E-state index in [0.717, 1.165) is 14.9 Å². The summed E-state index contributed by atoms with van der Waals surface area (Å²) in [5.41, 5.74) is 1.86. The van der Waals surface area contributed by atoms with E-state index in [2.05, 4.69) is 37.2 Å². The van der Waals surface area contributed by atoms with E-state index in [4.69, 9.17) is 4.74 Å². The number of barbiturate groups is 1. The Bertz CT molecular complexity index is 1220. The highest BCUT2D eigenvalue weighted by Gasteiger charge is 2.36. The molecule has 8 heteroatoms. The SMILES string of the molecule is O=C1NC(=O)N(c2ccc(Br)cc2)C(=O)/C1=C/c1ccc(OCc2ccccc2)c(Br)c1. The molecule has 3 aromatic rings. The molecule has 0 radical (unpaired) electrons. The molecule has 0 spiro atoms. The van der Waals surface area contributed by atoms with Gasteiger partial charge in [0.1, 0.15) is 17.9 Å². The van der Waals surface area contributed by atoms with E-state index in [0.29, 0.717) is 28.1 Å². The maximum atomic E-state index is 13.0. The van der Waals surface area contributed by atoms with Crippen LogP contribution in [0, 0.1) is 0 Å². The van der Waals surface area contributed by atoms with Gasteiger partial charge in [-0.15, -0.1) is 0 Å². The van der Waals surface area contributed by atoms with Crippen LogP contribution < -0.4 is 15.0 Å². The van der Waals surface area contributed by atoms with Crippen molar-refractivity contribution in [1.29, 1.82) is 0 Å². The lowest BCUT2D eigenvalue weighted by Crippen LogP contribution is -2.54. The van der Waals surface area contributed by atoms with Crippen molar-refractivity contribution < 1.29 is 19.1 Å². The Morgan fingerprint density at radius 3 is 2.31 bits per heavy atom. The Morgan fingerprint density at radius 1 is 0.906 bits per heavy atom. The molecule has 160 valence electrons. The fourth-order valence-corrected chi connectivity index (χ4v) is 3.88. The van der Waals surface area contributed by atoms with Crippen molar-refractivity contribution in [2.75, 3.05) is 4.90 Å². The first-order chi connectivity index (χ1) is 15.4. The van der Waals surface area contributed by atoms with Crippen molar-refractivity contribution in [3.63, 3.8) is 0 Å². The van der Waals surface area contributed by atoms with Gasteiger partial charge in [0.05, 0.1) is 10.2 Å². The van der Waals surface area contributed by atoms with E-state index in [9.17, 15) is 14.4 Å². The average Bonchev–Trinajstić information content (AvgIpc) is 2.78. The van der Waals surface area contributed by atoms with Crippen LogP contribution in [0.1, 0.15) is 11.1 Å². The maximum absolute atomic E-state index is 13.0. The summed E-state index contributed by atoms with van der Waals surface area (Å²) in [4.78, 5) is 38.6. The molecule has 0 aromatic heterocycles. The maximum Gasteiger partial charge on any atom is 0.335 e. The Kier molecular flexibility index (Phi) is 6.53. The number of nitrogens with zero attached hydrogens (tertiary/aromatic N) is 1. The lowest BCUT2D eigenvalue weighted by molar-refractivity contribution is -0.122. The van der Waals surface area contributed by atoms with Crippen molar-refractivity contribution >= 4 is 61.5 Å². The Morgan fingerprint density at radius 2 is 1.62 bits per heavy atom. The summed E-state index contributed by atoms with van der Waals surface area (Å²) in [6.07, 6.45) is 1.45. The normalized spacial score (nSPS) is 15.1. The van der Waals surface area contributed by atoms with Crippen LogP contribution in [0.2, 0.25) is 0 Å². The molecule has 1 saturated heterocycles. The summed E-state index contributed by atoms with van der Waals surface area (Å²) in [5, 5.41) is 2.22. The van der Waals surface area contributed by atoms with Gasteiger partial charge in [-0.3, -0.25) is 14.9 Å². The van der Waals surface area contributed by atoms with Crippen LogP contribution in [-0.2, 0) is 16.2 Å². The Hall–Kier alpha value is -3.23. The highest BCUT2D eigenvalue weighted by molar-refractivity contribution is 9.10. The minimum Gasteiger partial charge on any atom is -0.488 e. The second kappa shape index (κ2) is 9.50. The Labute approximate surface area is 201 Å². The molecule has 0 saturated carbocycles. The van der Waals surface area contributed by atoms with E-state index in [1.54, 1.807) is 42.5 Å². The van der Waals surface area contributed by atoms with Crippen LogP contribution in [0.5, 0.6) is 5.75 Å². The lowest BCUT2D eigenvalue weighted by Gasteiger charge is -2.26. The van der Waals surface area contributed by atoms with Crippen LogP contribution in [0.25, 0.3) is 6.08 Å². The van der Waals surface area contributed by atoms with Gasteiger partial charge in [0.15, 0.2) is 0 Å². The molecule has 1 heterocycles. The number of imide groups is 2. The standard InChI is InChI=1S/C24H16Br2N2O4/c25-17-7-9-18(10-8-17)28-23(30)19(22(29)27-24(28)31)12-16-6-11-21(20(26)13-16)32-14-15-4-2-1-3-5-15/h1-13H,14H2,(H,27,29,31)/b19-12+. The fourth-order valence-electron chi connectivity index (χ4n) is 3.11. The first-order valence-corrected chi connectivity index (χ1v) is 11.1. The van der Waals surface area contributed by atoms with Gasteiger partial charge < -0.3 is 4.74 Å². The summed E-state index contributed by atoms with van der Waals surface area (Å²) in [7, 11) is 0. The number of ether oxygens (including phenoxy) is 1. The predicted molar refractivity (Wildman–Crippen MR) is 128 cm³/mol. The van der Waals surface area contributed by atoms with Gasteiger partial charge in [0.25, 0.3) is 11.8 Å². The zero-order valence-corrected chi connectivity index (χ0v) is 19.7. The van der Waals surface area contributed by atoms with Gasteiger partial charge in [-0.25, -0.2) is 9.69 Å². The number of halogens is 2. The van der Waals surface area contributed by atoms with E-state index < -0.39 is 17.8 Å². The molecule has 4 amide bonds. The number of amides is 4. The summed E-state index contributed by atoms with van der Waals surface area (Å²) in [6.45, 7) is 0.408. The minimum atomic E-state index is -0.787. The van der Waals surface area contributed by atoms with Gasteiger partial charge in [0, 0.05) is 4.47 Å². The molecule has 0 bridgehead atoms. The summed E-state index contributed by atoms with van der Waals surface area (Å²) in [6, 6.07) is 20.9. The van der Waals surface area contributed by atoms with Crippen molar-refractivity contribution in [3.8, 4) is 5.75 Å². The first-order valence-electron chi connectivity index (χ1n) is 9.55. The molecule has 1 aliphatic heterocycles. The molecular weight excluding hydrogens is 540 g/mol. The predicted octanol–water partition coefficient (Wildman–Crippen LogP) is 5.46. The minimum absolute atomic E-state index is 0.141. The van der Waals surface area contributed by atoms with Crippen molar-refractivity contribution in [3.05, 3.63) is 98.4 Å². The monoisotopic (exact) mass is 554 g/mol. The highest BCUT2D eigenvalue weighted by Crippen LogP contribution is 2.29. The molecule has 0 atom stereocenters. The van der Waals surface area contributed by atoms with Crippen molar-refractivity contribution in [2.24, 2.45) is 0 Å². The molecule has 1 aliphatic rings. The lowest BCUT2D eigenvalue weighted by atomic mass is 10.1. The number of hydrogen-bond donors (Lipinski definition) is 1. The van der Waals surface area contributed by atoms with E-state index in [1.807, 2.05) is 30.3 Å². The van der Waals surface area contributed by atoms with Gasteiger partial charge in [-0.05, 0) is 69.5 Å². The van der Waals surface area contributed by atoms with Gasteiger partial charge in [-0.2, -0.15) is 0 Å². The third-order valence-corrected chi connectivity index (χ3v) is 5.84. The molecule has 3 aromatic carbocycles. The average molecular weight is 556 g/mol.